The highest BCUT2D eigenvalue weighted by atomic mass is 35.5. The fourth-order valence-corrected chi connectivity index (χ4v) is 1.57. The van der Waals surface area contributed by atoms with Gasteiger partial charge in [-0.25, -0.2) is 4.79 Å². The third-order valence-corrected chi connectivity index (χ3v) is 2.14. The Balaban J connectivity index is 3.46. The van der Waals surface area contributed by atoms with E-state index in [2.05, 4.69) is 4.74 Å². The Morgan fingerprint density at radius 2 is 2.07 bits per heavy atom. The van der Waals surface area contributed by atoms with E-state index in [0.717, 1.165) is 13.2 Å². The van der Waals surface area contributed by atoms with Gasteiger partial charge in [0.25, 0.3) is 5.69 Å². The zero-order valence-electron chi connectivity index (χ0n) is 7.49. The smallest absolute Gasteiger partial charge is 0.346 e. The summed E-state index contributed by atoms with van der Waals surface area (Å²) in [6, 6.07) is 2.28. The standard InChI is InChI=1S/C8H5Cl2NO4/c1-15-8(12)7-5(10)2-4(9)3-6(7)11(13)14/h2-3H,1H3. The van der Waals surface area contributed by atoms with Crippen LogP contribution in [0.2, 0.25) is 10.0 Å². The second kappa shape index (κ2) is 4.46. The topological polar surface area (TPSA) is 69.4 Å². The lowest BCUT2D eigenvalue weighted by molar-refractivity contribution is -0.385. The molecule has 0 unspecified atom stereocenters. The van der Waals surface area contributed by atoms with Crippen LogP contribution in [0.5, 0.6) is 0 Å². The predicted octanol–water partition coefficient (Wildman–Crippen LogP) is 2.69. The van der Waals surface area contributed by atoms with Crippen LogP contribution in [-0.2, 0) is 4.74 Å². The number of carbonyl (C=O) groups excluding carboxylic acids is 1. The number of hydrogen-bond donors (Lipinski definition) is 0. The molecule has 1 aromatic rings. The maximum Gasteiger partial charge on any atom is 0.346 e. The number of halogens is 2. The Morgan fingerprint density at radius 1 is 1.47 bits per heavy atom. The van der Waals surface area contributed by atoms with Gasteiger partial charge in [0.2, 0.25) is 0 Å². The Labute approximate surface area is 94.7 Å². The molecule has 0 saturated carbocycles. The second-order valence-electron chi connectivity index (χ2n) is 2.53. The van der Waals surface area contributed by atoms with Crippen LogP contribution in [0.25, 0.3) is 0 Å². The summed E-state index contributed by atoms with van der Waals surface area (Å²) in [6.07, 6.45) is 0. The maximum atomic E-state index is 11.2. The number of rotatable bonds is 2. The Bertz CT molecular complexity index is 433. The first-order chi connectivity index (χ1) is 6.97. The molecule has 0 fully saturated rings. The molecule has 1 rings (SSSR count). The number of methoxy groups -OCH3 is 1. The molecule has 0 saturated heterocycles. The van der Waals surface area contributed by atoms with Crippen molar-refractivity contribution < 1.29 is 14.5 Å². The van der Waals surface area contributed by atoms with Gasteiger partial charge in [0.15, 0.2) is 5.56 Å². The number of benzene rings is 1. The van der Waals surface area contributed by atoms with Crippen molar-refractivity contribution in [1.29, 1.82) is 0 Å². The lowest BCUT2D eigenvalue weighted by Crippen LogP contribution is -2.06. The van der Waals surface area contributed by atoms with E-state index in [1.807, 2.05) is 0 Å². The minimum absolute atomic E-state index is 0.0827. The third-order valence-electron chi connectivity index (χ3n) is 1.62. The molecule has 15 heavy (non-hydrogen) atoms. The van der Waals surface area contributed by atoms with E-state index < -0.39 is 16.6 Å². The molecule has 0 aliphatic rings. The summed E-state index contributed by atoms with van der Waals surface area (Å²) in [5.41, 5.74) is -0.770. The average Bonchev–Trinajstić information content (AvgIpc) is 2.15. The van der Waals surface area contributed by atoms with E-state index in [1.165, 1.54) is 6.07 Å². The van der Waals surface area contributed by atoms with Crippen LogP contribution in [0.1, 0.15) is 10.4 Å². The fourth-order valence-electron chi connectivity index (χ4n) is 1.01. The van der Waals surface area contributed by atoms with Crippen LogP contribution in [0.3, 0.4) is 0 Å². The van der Waals surface area contributed by atoms with Crippen molar-refractivity contribution in [2.24, 2.45) is 0 Å². The molecule has 80 valence electrons. The van der Waals surface area contributed by atoms with Crippen LogP contribution >= 0.6 is 23.2 Å². The van der Waals surface area contributed by atoms with Gasteiger partial charge in [-0.05, 0) is 6.07 Å². The summed E-state index contributed by atoms with van der Waals surface area (Å²) < 4.78 is 4.38. The van der Waals surface area contributed by atoms with Crippen LogP contribution in [-0.4, -0.2) is 18.0 Å². The first-order valence-corrected chi connectivity index (χ1v) is 4.44. The van der Waals surface area contributed by atoms with Crippen molar-refractivity contribution in [2.45, 2.75) is 0 Å². The Kier molecular flexibility index (Phi) is 3.49. The molecular formula is C8H5Cl2NO4. The molecule has 0 N–H and O–H groups in total. The van der Waals surface area contributed by atoms with Crippen molar-refractivity contribution in [3.8, 4) is 0 Å². The molecule has 5 nitrogen and oxygen atoms in total. The van der Waals surface area contributed by atoms with Gasteiger partial charge < -0.3 is 4.74 Å². The number of nitrogens with zero attached hydrogens (tertiary/aromatic N) is 1. The average molecular weight is 250 g/mol. The zero-order valence-corrected chi connectivity index (χ0v) is 9.00. The molecule has 0 aliphatic carbocycles. The Hall–Kier alpha value is -1.33. The lowest BCUT2D eigenvalue weighted by atomic mass is 10.2. The van der Waals surface area contributed by atoms with Gasteiger partial charge >= 0.3 is 5.97 Å². The SMILES string of the molecule is COC(=O)c1c(Cl)cc(Cl)cc1[N+](=O)[O-]. The van der Waals surface area contributed by atoms with Gasteiger partial charge in [-0.3, -0.25) is 10.1 Å². The summed E-state index contributed by atoms with van der Waals surface area (Å²) in [6.45, 7) is 0. The van der Waals surface area contributed by atoms with Crippen molar-refractivity contribution in [1.82, 2.24) is 0 Å². The van der Waals surface area contributed by atoms with Crippen LogP contribution in [0.4, 0.5) is 5.69 Å². The summed E-state index contributed by atoms with van der Waals surface area (Å²) >= 11 is 11.2. The predicted molar refractivity (Wildman–Crippen MR) is 54.5 cm³/mol. The molecular weight excluding hydrogens is 245 g/mol. The summed E-state index contributed by atoms with van der Waals surface area (Å²) in [4.78, 5) is 21.1. The largest absolute Gasteiger partial charge is 0.465 e. The van der Waals surface area contributed by atoms with Gasteiger partial charge in [-0.1, -0.05) is 23.2 Å². The van der Waals surface area contributed by atoms with Crippen molar-refractivity contribution in [3.05, 3.63) is 37.9 Å². The second-order valence-corrected chi connectivity index (χ2v) is 3.37. The van der Waals surface area contributed by atoms with Crippen molar-refractivity contribution in [2.75, 3.05) is 7.11 Å². The maximum absolute atomic E-state index is 11.2. The van der Waals surface area contributed by atoms with Gasteiger partial charge in [0.05, 0.1) is 17.1 Å². The number of nitro benzene ring substituents is 1. The molecule has 0 aliphatic heterocycles. The number of carbonyl (C=O) groups is 1. The molecule has 0 amide bonds. The zero-order chi connectivity index (χ0) is 11.6. The van der Waals surface area contributed by atoms with E-state index >= 15 is 0 Å². The van der Waals surface area contributed by atoms with Crippen LogP contribution in [0, 0.1) is 10.1 Å². The number of ether oxygens (including phenoxy) is 1. The van der Waals surface area contributed by atoms with Crippen molar-refractivity contribution in [3.63, 3.8) is 0 Å². The first kappa shape index (κ1) is 11.7. The quantitative estimate of drug-likeness (QED) is 0.459. The van der Waals surface area contributed by atoms with Gasteiger partial charge in [0.1, 0.15) is 0 Å². The minimum atomic E-state index is -0.872. The van der Waals surface area contributed by atoms with Crippen LogP contribution < -0.4 is 0 Å². The van der Waals surface area contributed by atoms with E-state index in [1.54, 1.807) is 0 Å². The first-order valence-electron chi connectivity index (χ1n) is 3.69. The monoisotopic (exact) mass is 249 g/mol. The minimum Gasteiger partial charge on any atom is -0.465 e. The molecule has 0 atom stereocenters. The molecule has 0 radical (unpaired) electrons. The molecule has 7 heteroatoms. The molecule has 0 heterocycles. The number of esters is 1. The fraction of sp³-hybridized carbons (Fsp3) is 0.125. The third kappa shape index (κ3) is 2.37. The number of hydrogen-bond acceptors (Lipinski definition) is 4. The summed E-state index contributed by atoms with van der Waals surface area (Å²) in [5, 5.41) is 10.6. The summed E-state index contributed by atoms with van der Waals surface area (Å²) in [5.74, 6) is -0.872. The van der Waals surface area contributed by atoms with Gasteiger partial charge in [-0.15, -0.1) is 0 Å². The number of nitro groups is 1. The van der Waals surface area contributed by atoms with Gasteiger partial charge in [0, 0.05) is 11.1 Å². The van der Waals surface area contributed by atoms with Crippen molar-refractivity contribution >= 4 is 34.9 Å². The van der Waals surface area contributed by atoms with Gasteiger partial charge in [-0.2, -0.15) is 0 Å². The highest BCUT2D eigenvalue weighted by molar-refractivity contribution is 6.37. The highest BCUT2D eigenvalue weighted by Crippen LogP contribution is 2.31. The molecule has 0 bridgehead atoms. The Morgan fingerprint density at radius 3 is 2.53 bits per heavy atom. The lowest BCUT2D eigenvalue weighted by Gasteiger charge is -2.03. The van der Waals surface area contributed by atoms with E-state index in [4.69, 9.17) is 23.2 Å². The summed E-state index contributed by atoms with van der Waals surface area (Å²) in [7, 11) is 1.11. The molecule has 1 aromatic carbocycles. The molecule has 0 aromatic heterocycles. The highest BCUT2D eigenvalue weighted by Gasteiger charge is 2.25. The van der Waals surface area contributed by atoms with Crippen LogP contribution in [0.15, 0.2) is 12.1 Å². The molecule has 0 spiro atoms. The van der Waals surface area contributed by atoms with E-state index in [-0.39, 0.29) is 15.6 Å². The van der Waals surface area contributed by atoms with E-state index in [9.17, 15) is 14.9 Å². The normalized spacial score (nSPS) is 9.80. The van der Waals surface area contributed by atoms with E-state index in [0.29, 0.717) is 0 Å².